The van der Waals surface area contributed by atoms with Gasteiger partial charge in [0.2, 0.25) is 0 Å². The lowest BCUT2D eigenvalue weighted by molar-refractivity contribution is 0.455. The summed E-state index contributed by atoms with van der Waals surface area (Å²) in [7, 11) is 0. The molecule has 0 aliphatic carbocycles. The number of phenolic OH excluding ortho intramolecular Hbond substituents is 2. The SMILES string of the molecule is C#Cc1cc2c(C#C)c(Oc3ccc(N)c(O)c3)ccc2cc1Oc1ccc(N)c(O)c1. The van der Waals surface area contributed by atoms with Crippen molar-refractivity contribution in [2.45, 2.75) is 0 Å². The average Bonchev–Trinajstić information content (AvgIpc) is 2.78. The average molecular weight is 422 g/mol. The smallest absolute Gasteiger partial charge is 0.143 e. The summed E-state index contributed by atoms with van der Waals surface area (Å²) in [6.45, 7) is 0. The Morgan fingerprint density at radius 3 is 1.81 bits per heavy atom. The maximum Gasteiger partial charge on any atom is 0.143 e. The first-order chi connectivity index (χ1) is 15.4. The summed E-state index contributed by atoms with van der Waals surface area (Å²) < 4.78 is 11.8. The van der Waals surface area contributed by atoms with Crippen molar-refractivity contribution >= 4 is 22.1 Å². The van der Waals surface area contributed by atoms with Gasteiger partial charge in [0.25, 0.3) is 0 Å². The van der Waals surface area contributed by atoms with Crippen LogP contribution in [0.4, 0.5) is 11.4 Å². The van der Waals surface area contributed by atoms with Gasteiger partial charge in [-0.15, -0.1) is 12.8 Å². The summed E-state index contributed by atoms with van der Waals surface area (Å²) in [5.41, 5.74) is 12.7. The van der Waals surface area contributed by atoms with E-state index in [1.165, 1.54) is 24.3 Å². The van der Waals surface area contributed by atoms with E-state index in [1.807, 2.05) is 6.07 Å². The molecule has 0 aliphatic rings. The lowest BCUT2D eigenvalue weighted by Crippen LogP contribution is -1.94. The maximum absolute atomic E-state index is 9.82. The van der Waals surface area contributed by atoms with Crippen LogP contribution in [0.25, 0.3) is 10.8 Å². The van der Waals surface area contributed by atoms with Crippen molar-refractivity contribution in [2.24, 2.45) is 0 Å². The summed E-state index contributed by atoms with van der Waals surface area (Å²) in [6.07, 6.45) is 11.5. The molecule has 0 unspecified atom stereocenters. The van der Waals surface area contributed by atoms with Gasteiger partial charge in [-0.05, 0) is 47.9 Å². The summed E-state index contributed by atoms with van der Waals surface area (Å²) in [5, 5.41) is 21.1. The molecule has 0 spiro atoms. The van der Waals surface area contributed by atoms with Crippen LogP contribution in [-0.4, -0.2) is 10.2 Å². The van der Waals surface area contributed by atoms with Crippen molar-refractivity contribution in [3.63, 3.8) is 0 Å². The number of fused-ring (bicyclic) bond motifs is 1. The molecule has 0 aliphatic heterocycles. The molecule has 4 rings (SSSR count). The third-order valence-corrected chi connectivity index (χ3v) is 4.84. The Balaban J connectivity index is 1.77. The molecular formula is C26H18N2O4. The zero-order chi connectivity index (χ0) is 22.8. The summed E-state index contributed by atoms with van der Waals surface area (Å²) >= 11 is 0. The Kier molecular flexibility index (Phi) is 5.12. The lowest BCUT2D eigenvalue weighted by Gasteiger charge is -2.14. The molecule has 4 aromatic carbocycles. The Bertz CT molecular complexity index is 1390. The Morgan fingerprint density at radius 1 is 0.688 bits per heavy atom. The number of aromatic hydroxyl groups is 2. The fraction of sp³-hybridized carbons (Fsp3) is 0. The van der Waals surface area contributed by atoms with Crippen molar-refractivity contribution in [2.75, 3.05) is 11.5 Å². The molecule has 0 aromatic heterocycles. The number of benzene rings is 4. The van der Waals surface area contributed by atoms with Gasteiger partial charge in [-0.3, -0.25) is 0 Å². The molecule has 0 bridgehead atoms. The molecule has 0 radical (unpaired) electrons. The molecule has 6 nitrogen and oxygen atoms in total. The second-order valence-electron chi connectivity index (χ2n) is 6.94. The number of hydrogen-bond acceptors (Lipinski definition) is 6. The molecule has 32 heavy (non-hydrogen) atoms. The predicted molar refractivity (Wildman–Crippen MR) is 125 cm³/mol. The van der Waals surface area contributed by atoms with Gasteiger partial charge in [0.1, 0.15) is 34.5 Å². The van der Waals surface area contributed by atoms with E-state index in [0.717, 1.165) is 5.39 Å². The third-order valence-electron chi connectivity index (χ3n) is 4.84. The zero-order valence-electron chi connectivity index (χ0n) is 16.8. The lowest BCUT2D eigenvalue weighted by atomic mass is 10.0. The minimum absolute atomic E-state index is 0.0874. The molecule has 4 aromatic rings. The predicted octanol–water partition coefficient (Wildman–Crippen LogP) is 4.96. The Morgan fingerprint density at radius 2 is 1.28 bits per heavy atom. The number of rotatable bonds is 4. The number of terminal acetylenes is 2. The van der Waals surface area contributed by atoms with E-state index in [1.54, 1.807) is 30.3 Å². The fourth-order valence-corrected chi connectivity index (χ4v) is 3.19. The van der Waals surface area contributed by atoms with Crippen LogP contribution >= 0.6 is 0 Å². The van der Waals surface area contributed by atoms with Gasteiger partial charge in [0.15, 0.2) is 0 Å². The van der Waals surface area contributed by atoms with Gasteiger partial charge in [-0.25, -0.2) is 0 Å². The monoisotopic (exact) mass is 422 g/mol. The Labute approximate surface area is 184 Å². The van der Waals surface area contributed by atoms with Crippen LogP contribution in [0.15, 0.2) is 60.7 Å². The molecular weight excluding hydrogens is 404 g/mol. The van der Waals surface area contributed by atoms with Crippen molar-refractivity contribution in [1.29, 1.82) is 0 Å². The Hall–Kier alpha value is -4.94. The molecule has 0 amide bonds. The molecule has 6 heteroatoms. The summed E-state index contributed by atoms with van der Waals surface area (Å²) in [6, 6.07) is 16.2. The topological polar surface area (TPSA) is 111 Å². The van der Waals surface area contributed by atoms with Crippen molar-refractivity contribution in [3.05, 3.63) is 71.8 Å². The number of nitrogen functional groups attached to an aromatic ring is 2. The summed E-state index contributed by atoms with van der Waals surface area (Å²) in [4.78, 5) is 0. The maximum atomic E-state index is 9.82. The molecule has 0 saturated heterocycles. The standard InChI is InChI=1S/C26H18N2O4/c1-3-15-11-20-16(12-26(15)32-18-7-9-22(28)24(30)14-18)5-10-25(19(20)4-2)31-17-6-8-21(27)23(29)13-17/h1-2,5-14,29-30H,27-28H2. The van der Waals surface area contributed by atoms with Crippen LogP contribution in [0.2, 0.25) is 0 Å². The van der Waals surface area contributed by atoms with E-state index in [9.17, 15) is 10.2 Å². The van der Waals surface area contributed by atoms with E-state index >= 15 is 0 Å². The first kappa shape index (κ1) is 20.3. The number of nitrogens with two attached hydrogens (primary N) is 2. The van der Waals surface area contributed by atoms with Gasteiger partial charge in [-0.1, -0.05) is 17.9 Å². The van der Waals surface area contributed by atoms with E-state index < -0.39 is 0 Å². The number of anilines is 2. The van der Waals surface area contributed by atoms with Crippen molar-refractivity contribution in [3.8, 4) is 59.2 Å². The van der Waals surface area contributed by atoms with Crippen LogP contribution in [0.5, 0.6) is 34.5 Å². The van der Waals surface area contributed by atoms with E-state index in [-0.39, 0.29) is 22.9 Å². The van der Waals surface area contributed by atoms with E-state index in [0.29, 0.717) is 39.5 Å². The van der Waals surface area contributed by atoms with E-state index in [2.05, 4.69) is 11.8 Å². The van der Waals surface area contributed by atoms with Gasteiger partial charge >= 0.3 is 0 Å². The van der Waals surface area contributed by atoms with E-state index in [4.69, 9.17) is 33.8 Å². The van der Waals surface area contributed by atoms with Gasteiger partial charge < -0.3 is 31.2 Å². The van der Waals surface area contributed by atoms with Crippen molar-refractivity contribution < 1.29 is 19.7 Å². The molecule has 156 valence electrons. The van der Waals surface area contributed by atoms with Crippen molar-refractivity contribution in [1.82, 2.24) is 0 Å². The molecule has 6 N–H and O–H groups in total. The van der Waals surface area contributed by atoms with Crippen LogP contribution in [-0.2, 0) is 0 Å². The number of phenols is 2. The fourth-order valence-electron chi connectivity index (χ4n) is 3.19. The third kappa shape index (κ3) is 3.77. The van der Waals surface area contributed by atoms with Gasteiger partial charge in [0.05, 0.1) is 22.5 Å². The first-order valence-electron chi connectivity index (χ1n) is 9.46. The number of ether oxygens (including phenoxy) is 2. The molecule has 0 saturated carbocycles. The minimum Gasteiger partial charge on any atom is -0.506 e. The normalized spacial score (nSPS) is 10.3. The van der Waals surface area contributed by atoms with Gasteiger partial charge in [0, 0.05) is 17.5 Å². The largest absolute Gasteiger partial charge is 0.506 e. The van der Waals surface area contributed by atoms with Crippen LogP contribution in [0.1, 0.15) is 11.1 Å². The van der Waals surface area contributed by atoms with Crippen LogP contribution in [0.3, 0.4) is 0 Å². The minimum atomic E-state index is -0.0874. The van der Waals surface area contributed by atoms with Crippen LogP contribution < -0.4 is 20.9 Å². The molecule has 0 atom stereocenters. The molecule has 0 fully saturated rings. The highest BCUT2D eigenvalue weighted by atomic mass is 16.5. The highest BCUT2D eigenvalue weighted by Crippen LogP contribution is 2.37. The molecule has 0 heterocycles. The number of hydrogen-bond donors (Lipinski definition) is 4. The second kappa shape index (κ2) is 8.06. The summed E-state index contributed by atoms with van der Waals surface area (Å²) in [5.74, 6) is 6.68. The van der Waals surface area contributed by atoms with Crippen LogP contribution in [0, 0.1) is 24.7 Å². The first-order valence-corrected chi connectivity index (χ1v) is 9.46. The highest BCUT2D eigenvalue weighted by Gasteiger charge is 2.14. The quantitative estimate of drug-likeness (QED) is 0.210. The zero-order valence-corrected chi connectivity index (χ0v) is 16.8. The van der Waals surface area contributed by atoms with Gasteiger partial charge in [-0.2, -0.15) is 0 Å². The highest BCUT2D eigenvalue weighted by molar-refractivity contribution is 5.93. The second-order valence-corrected chi connectivity index (χ2v) is 6.94.